The molecule has 7 heteroatoms. The van der Waals surface area contributed by atoms with Gasteiger partial charge in [0.15, 0.2) is 5.96 Å². The van der Waals surface area contributed by atoms with Crippen molar-refractivity contribution in [3.8, 4) is 5.75 Å². The van der Waals surface area contributed by atoms with Gasteiger partial charge in [0.1, 0.15) is 5.75 Å². The first-order chi connectivity index (χ1) is 14.1. The normalized spacial score (nSPS) is 16.8. The summed E-state index contributed by atoms with van der Waals surface area (Å²) < 4.78 is 10.8. The molecule has 156 valence electrons. The van der Waals surface area contributed by atoms with Gasteiger partial charge in [-0.2, -0.15) is 0 Å². The maximum absolute atomic E-state index is 6.19. The van der Waals surface area contributed by atoms with Crippen molar-refractivity contribution >= 4 is 23.2 Å². The molecule has 3 rings (SSSR count). The molecule has 0 bridgehead atoms. The van der Waals surface area contributed by atoms with Crippen LogP contribution in [0.25, 0.3) is 0 Å². The number of hydrogen-bond donors (Lipinski definition) is 2. The molecule has 1 aliphatic rings. The molecule has 0 spiro atoms. The third-order valence-corrected chi connectivity index (χ3v) is 5.33. The monoisotopic (exact) mass is 416 g/mol. The zero-order valence-corrected chi connectivity index (χ0v) is 18.0. The Hall–Kier alpha value is -2.44. The highest BCUT2D eigenvalue weighted by Gasteiger charge is 2.25. The van der Waals surface area contributed by atoms with E-state index in [1.165, 1.54) is 11.1 Å². The topological polar surface area (TPSA) is 58.1 Å². The van der Waals surface area contributed by atoms with Crippen LogP contribution < -0.4 is 20.3 Å². The molecule has 0 radical (unpaired) electrons. The lowest BCUT2D eigenvalue weighted by Crippen LogP contribution is -2.44. The molecule has 2 aromatic carbocycles. The van der Waals surface area contributed by atoms with E-state index in [4.69, 9.17) is 21.1 Å². The van der Waals surface area contributed by atoms with Crippen molar-refractivity contribution in [2.24, 2.45) is 4.99 Å². The number of anilines is 1. The smallest absolute Gasteiger partial charge is 0.191 e. The summed E-state index contributed by atoms with van der Waals surface area (Å²) in [5.41, 5.74) is 3.41. The van der Waals surface area contributed by atoms with Crippen molar-refractivity contribution in [3.05, 3.63) is 58.6 Å². The predicted molar refractivity (Wildman–Crippen MR) is 119 cm³/mol. The zero-order chi connectivity index (χ0) is 20.6. The number of halogens is 1. The van der Waals surface area contributed by atoms with Crippen molar-refractivity contribution < 1.29 is 9.47 Å². The average Bonchev–Trinajstić information content (AvgIpc) is 3.20. The second kappa shape index (κ2) is 10.4. The highest BCUT2D eigenvalue weighted by molar-refractivity contribution is 6.30. The molecular weight excluding hydrogens is 388 g/mol. The first-order valence-corrected chi connectivity index (χ1v) is 10.1. The fourth-order valence-corrected chi connectivity index (χ4v) is 3.77. The van der Waals surface area contributed by atoms with Gasteiger partial charge in [0.25, 0.3) is 0 Å². The summed E-state index contributed by atoms with van der Waals surface area (Å²) in [7, 11) is 5.19. The molecule has 29 heavy (non-hydrogen) atoms. The molecular formula is C22H29ClN4O2. The van der Waals surface area contributed by atoms with E-state index in [0.29, 0.717) is 24.2 Å². The Morgan fingerprint density at radius 2 is 2.00 bits per heavy atom. The molecule has 1 aliphatic heterocycles. The molecule has 1 unspecified atom stereocenters. The quantitative estimate of drug-likeness (QED) is 0.535. The molecule has 0 saturated carbocycles. The lowest BCUT2D eigenvalue weighted by molar-refractivity contribution is 0.184. The van der Waals surface area contributed by atoms with Crippen molar-refractivity contribution in [3.63, 3.8) is 0 Å². The van der Waals surface area contributed by atoms with E-state index in [-0.39, 0.29) is 0 Å². The van der Waals surface area contributed by atoms with E-state index < -0.39 is 0 Å². The zero-order valence-electron chi connectivity index (χ0n) is 17.2. The van der Waals surface area contributed by atoms with E-state index in [9.17, 15) is 0 Å². The fourth-order valence-electron chi connectivity index (χ4n) is 3.60. The van der Waals surface area contributed by atoms with Gasteiger partial charge >= 0.3 is 0 Å². The van der Waals surface area contributed by atoms with Crippen LogP contribution in [0.15, 0.2) is 47.5 Å². The summed E-state index contributed by atoms with van der Waals surface area (Å²) in [6, 6.07) is 14.3. The molecule has 0 aromatic heterocycles. The third kappa shape index (κ3) is 5.55. The Labute approximate surface area is 177 Å². The summed E-state index contributed by atoms with van der Waals surface area (Å²) in [4.78, 5) is 6.68. The van der Waals surface area contributed by atoms with E-state index in [1.54, 1.807) is 21.3 Å². The van der Waals surface area contributed by atoms with Crippen molar-refractivity contribution in [2.75, 3.05) is 39.3 Å². The van der Waals surface area contributed by atoms with Gasteiger partial charge in [0, 0.05) is 44.9 Å². The Bertz CT molecular complexity index is 843. The van der Waals surface area contributed by atoms with Crippen molar-refractivity contribution in [1.29, 1.82) is 0 Å². The number of methoxy groups -OCH3 is 2. The Balaban J connectivity index is 1.58. The second-order valence-corrected chi connectivity index (χ2v) is 7.46. The lowest BCUT2D eigenvalue weighted by atomic mass is 10.1. The van der Waals surface area contributed by atoms with Gasteiger partial charge in [-0.1, -0.05) is 35.9 Å². The molecule has 2 N–H and O–H groups in total. The minimum absolute atomic E-state index is 0.291. The van der Waals surface area contributed by atoms with Gasteiger partial charge in [-0.15, -0.1) is 0 Å². The standard InChI is InChI=1S/C22H29ClN4O2/c1-24-22(25-13-16-6-4-5-7-17(16)15-28-2)26-19-10-11-27(14-19)20-12-18(23)8-9-21(20)29-3/h4-9,12,19H,10-11,13-15H2,1-3H3,(H2,24,25,26). The summed E-state index contributed by atoms with van der Waals surface area (Å²) in [6.07, 6.45) is 1.01. The summed E-state index contributed by atoms with van der Waals surface area (Å²) >= 11 is 6.19. The Kier molecular flexibility index (Phi) is 7.61. The number of aliphatic imine (C=N–C) groups is 1. The van der Waals surface area contributed by atoms with Gasteiger partial charge in [0.2, 0.25) is 0 Å². The Morgan fingerprint density at radius 3 is 2.72 bits per heavy atom. The number of benzene rings is 2. The summed E-state index contributed by atoms with van der Waals surface area (Å²) in [5.74, 6) is 1.63. The van der Waals surface area contributed by atoms with E-state index in [2.05, 4.69) is 32.7 Å². The van der Waals surface area contributed by atoms with Gasteiger partial charge in [-0.25, -0.2) is 0 Å². The first-order valence-electron chi connectivity index (χ1n) is 9.76. The fraction of sp³-hybridized carbons (Fsp3) is 0.409. The van der Waals surface area contributed by atoms with Gasteiger partial charge in [-0.3, -0.25) is 4.99 Å². The van der Waals surface area contributed by atoms with Crippen LogP contribution >= 0.6 is 11.6 Å². The van der Waals surface area contributed by atoms with Crippen LogP contribution in [0.1, 0.15) is 17.5 Å². The number of ether oxygens (including phenoxy) is 2. The van der Waals surface area contributed by atoms with Crippen LogP contribution in [0.5, 0.6) is 5.75 Å². The number of nitrogens with one attached hydrogen (secondary N) is 2. The largest absolute Gasteiger partial charge is 0.495 e. The van der Waals surface area contributed by atoms with Crippen LogP contribution in [-0.2, 0) is 17.9 Å². The summed E-state index contributed by atoms with van der Waals surface area (Å²) in [6.45, 7) is 3.08. The number of rotatable bonds is 7. The molecule has 1 saturated heterocycles. The second-order valence-electron chi connectivity index (χ2n) is 7.02. The van der Waals surface area contributed by atoms with E-state index in [1.807, 2.05) is 30.3 Å². The highest BCUT2D eigenvalue weighted by Crippen LogP contribution is 2.33. The molecule has 6 nitrogen and oxygen atoms in total. The molecule has 1 atom stereocenters. The highest BCUT2D eigenvalue weighted by atomic mass is 35.5. The van der Waals surface area contributed by atoms with Crippen LogP contribution in [-0.4, -0.2) is 46.4 Å². The molecule has 0 aliphatic carbocycles. The van der Waals surface area contributed by atoms with Crippen LogP contribution in [0.3, 0.4) is 0 Å². The molecule has 2 aromatic rings. The van der Waals surface area contributed by atoms with Gasteiger partial charge in [-0.05, 0) is 35.7 Å². The maximum atomic E-state index is 6.19. The van der Waals surface area contributed by atoms with E-state index >= 15 is 0 Å². The minimum Gasteiger partial charge on any atom is -0.495 e. The first kappa shape index (κ1) is 21.3. The van der Waals surface area contributed by atoms with Crippen LogP contribution in [0.4, 0.5) is 5.69 Å². The molecule has 0 amide bonds. The van der Waals surface area contributed by atoms with Crippen LogP contribution in [0, 0.1) is 0 Å². The molecule has 1 heterocycles. The van der Waals surface area contributed by atoms with E-state index in [0.717, 1.165) is 36.9 Å². The predicted octanol–water partition coefficient (Wildman–Crippen LogP) is 3.44. The third-order valence-electron chi connectivity index (χ3n) is 5.10. The Morgan fingerprint density at radius 1 is 1.21 bits per heavy atom. The minimum atomic E-state index is 0.291. The van der Waals surface area contributed by atoms with Gasteiger partial charge in [0.05, 0.1) is 19.4 Å². The van der Waals surface area contributed by atoms with Gasteiger partial charge < -0.3 is 25.0 Å². The SMILES string of the molecule is CN=C(NCc1ccccc1COC)NC1CCN(c2cc(Cl)ccc2OC)C1. The lowest BCUT2D eigenvalue weighted by Gasteiger charge is -2.22. The van der Waals surface area contributed by atoms with Crippen molar-refractivity contribution in [1.82, 2.24) is 10.6 Å². The summed E-state index contributed by atoms with van der Waals surface area (Å²) in [5, 5.41) is 7.66. The molecule has 1 fully saturated rings. The number of nitrogens with zero attached hydrogens (tertiary/aromatic N) is 2. The maximum Gasteiger partial charge on any atom is 0.191 e. The average molecular weight is 417 g/mol. The van der Waals surface area contributed by atoms with Crippen LogP contribution in [0.2, 0.25) is 5.02 Å². The van der Waals surface area contributed by atoms with Crippen molar-refractivity contribution in [2.45, 2.75) is 25.6 Å². The number of hydrogen-bond acceptors (Lipinski definition) is 4. The number of guanidine groups is 1.